The van der Waals surface area contributed by atoms with Crippen molar-refractivity contribution in [1.29, 1.82) is 0 Å². The van der Waals surface area contributed by atoms with Gasteiger partial charge in [0.25, 0.3) is 8.32 Å². The molecule has 3 rings (SSSR count). The molecule has 0 saturated carbocycles. The Balaban J connectivity index is 2.04. The van der Waals surface area contributed by atoms with Gasteiger partial charge in [-0.1, -0.05) is 93.6 Å². The molecule has 0 aliphatic heterocycles. The Hall–Kier alpha value is -2.89. The molecule has 0 heterocycles. The summed E-state index contributed by atoms with van der Waals surface area (Å²) in [6, 6.07) is 28.3. The normalized spacial score (nSPS) is 11.8. The molecule has 0 aromatic heterocycles. The molecule has 5 heteroatoms. The van der Waals surface area contributed by atoms with Crippen LogP contribution in [0.3, 0.4) is 0 Å². The molecule has 1 amide bonds. The van der Waals surface area contributed by atoms with Crippen molar-refractivity contribution >= 4 is 30.5 Å². The van der Waals surface area contributed by atoms with E-state index < -0.39 is 14.4 Å². The van der Waals surface area contributed by atoms with Crippen LogP contribution in [-0.4, -0.2) is 19.5 Å². The molecule has 0 fully saturated rings. The molecule has 29 heavy (non-hydrogen) atoms. The van der Waals surface area contributed by atoms with Crippen LogP contribution >= 0.6 is 0 Å². The number of anilines is 1. The third kappa shape index (κ3) is 4.58. The van der Waals surface area contributed by atoms with Crippen molar-refractivity contribution < 1.29 is 14.3 Å². The lowest BCUT2D eigenvalue weighted by atomic mass is 10.2. The summed E-state index contributed by atoms with van der Waals surface area (Å²) in [6.07, 6.45) is -1.07. The predicted octanol–water partition coefficient (Wildman–Crippen LogP) is 4.85. The summed E-state index contributed by atoms with van der Waals surface area (Å²) in [5.74, 6) is 0. The molecular weight excluding hydrogens is 378 g/mol. The summed E-state index contributed by atoms with van der Waals surface area (Å²) < 4.78 is 6.88. The van der Waals surface area contributed by atoms with Gasteiger partial charge in [0, 0.05) is 5.69 Å². The minimum absolute atomic E-state index is 0.105. The maximum atomic E-state index is 11.0. The number of hydrogen-bond acceptors (Lipinski definition) is 2. The van der Waals surface area contributed by atoms with Crippen molar-refractivity contribution in [3.63, 3.8) is 0 Å². The average Bonchev–Trinajstić information content (AvgIpc) is 2.69. The fourth-order valence-corrected chi connectivity index (χ4v) is 8.35. The molecule has 0 unspecified atom stereocenters. The lowest BCUT2D eigenvalue weighted by Gasteiger charge is -2.43. The highest BCUT2D eigenvalue weighted by Crippen LogP contribution is 2.37. The van der Waals surface area contributed by atoms with Crippen LogP contribution in [0, 0.1) is 0 Å². The van der Waals surface area contributed by atoms with Gasteiger partial charge in [-0.2, -0.15) is 0 Å². The van der Waals surface area contributed by atoms with Crippen LogP contribution in [0.5, 0.6) is 0 Å². The Morgan fingerprint density at radius 2 is 1.45 bits per heavy atom. The number of amides is 1. The fourth-order valence-electron chi connectivity index (χ4n) is 3.82. The highest BCUT2D eigenvalue weighted by atomic mass is 28.4. The largest absolute Gasteiger partial charge is 0.465 e. The maximum Gasteiger partial charge on any atom is 0.409 e. The zero-order valence-corrected chi connectivity index (χ0v) is 18.1. The number of benzene rings is 3. The molecule has 0 bridgehead atoms. The summed E-state index contributed by atoms with van der Waals surface area (Å²) in [7, 11) is -2.62. The van der Waals surface area contributed by atoms with E-state index >= 15 is 0 Å². The Morgan fingerprint density at radius 1 is 0.897 bits per heavy atom. The molecule has 3 aromatic rings. The van der Waals surface area contributed by atoms with Crippen LogP contribution in [0.1, 0.15) is 26.3 Å². The Bertz CT molecular complexity index is 913. The van der Waals surface area contributed by atoms with Gasteiger partial charge in [0.15, 0.2) is 0 Å². The third-order valence-corrected chi connectivity index (χ3v) is 10.0. The van der Waals surface area contributed by atoms with Gasteiger partial charge in [0.2, 0.25) is 0 Å². The summed E-state index contributed by atoms with van der Waals surface area (Å²) in [5.41, 5.74) is 1.48. The molecule has 0 spiro atoms. The summed E-state index contributed by atoms with van der Waals surface area (Å²) in [5, 5.41) is 13.7. The van der Waals surface area contributed by atoms with E-state index in [0.29, 0.717) is 12.3 Å². The van der Waals surface area contributed by atoms with Crippen LogP contribution in [-0.2, 0) is 11.0 Å². The average molecular weight is 406 g/mol. The Kier molecular flexibility index (Phi) is 6.20. The van der Waals surface area contributed by atoms with E-state index in [1.165, 1.54) is 10.4 Å². The van der Waals surface area contributed by atoms with Gasteiger partial charge in [-0.15, -0.1) is 0 Å². The molecule has 0 atom stereocenters. The third-order valence-electron chi connectivity index (χ3n) is 5.05. The quantitative estimate of drug-likeness (QED) is 0.576. The molecule has 150 valence electrons. The number of rotatable bonds is 6. The molecular formula is C24H27NO3Si. The molecule has 0 aliphatic rings. The van der Waals surface area contributed by atoms with E-state index in [1.54, 1.807) is 6.07 Å². The second kappa shape index (κ2) is 8.63. The van der Waals surface area contributed by atoms with Gasteiger partial charge >= 0.3 is 6.09 Å². The number of hydrogen-bond donors (Lipinski definition) is 2. The first-order valence-electron chi connectivity index (χ1n) is 9.67. The lowest BCUT2D eigenvalue weighted by Crippen LogP contribution is -2.66. The minimum Gasteiger partial charge on any atom is -0.465 e. The first kappa shape index (κ1) is 20.8. The van der Waals surface area contributed by atoms with Crippen molar-refractivity contribution in [1.82, 2.24) is 0 Å². The minimum atomic E-state index is -2.62. The van der Waals surface area contributed by atoms with Crippen molar-refractivity contribution in [3.05, 3.63) is 90.5 Å². The van der Waals surface area contributed by atoms with Gasteiger partial charge in [0.05, 0.1) is 6.61 Å². The fraction of sp³-hybridized carbons (Fsp3) is 0.208. The van der Waals surface area contributed by atoms with E-state index in [1.807, 2.05) is 30.3 Å². The highest BCUT2D eigenvalue weighted by molar-refractivity contribution is 6.99. The molecule has 2 N–H and O–H groups in total. The molecule has 4 nitrogen and oxygen atoms in total. The lowest BCUT2D eigenvalue weighted by molar-refractivity contribution is 0.209. The van der Waals surface area contributed by atoms with Crippen LogP contribution in [0.2, 0.25) is 5.04 Å². The van der Waals surface area contributed by atoms with E-state index in [-0.39, 0.29) is 5.04 Å². The molecule has 0 aliphatic carbocycles. The van der Waals surface area contributed by atoms with Gasteiger partial charge in [-0.25, -0.2) is 4.79 Å². The van der Waals surface area contributed by atoms with Crippen LogP contribution in [0.25, 0.3) is 0 Å². The first-order chi connectivity index (χ1) is 13.8. The zero-order valence-electron chi connectivity index (χ0n) is 17.1. The van der Waals surface area contributed by atoms with Crippen LogP contribution in [0.15, 0.2) is 84.9 Å². The van der Waals surface area contributed by atoms with Crippen molar-refractivity contribution in [2.75, 3.05) is 5.32 Å². The predicted molar refractivity (Wildman–Crippen MR) is 120 cm³/mol. The van der Waals surface area contributed by atoms with Crippen molar-refractivity contribution in [3.8, 4) is 0 Å². The van der Waals surface area contributed by atoms with E-state index in [0.717, 1.165) is 5.56 Å². The molecule has 0 radical (unpaired) electrons. The number of carbonyl (C=O) groups is 1. The highest BCUT2D eigenvalue weighted by Gasteiger charge is 2.50. The Labute approximate surface area is 173 Å². The summed E-state index contributed by atoms with van der Waals surface area (Å²) >= 11 is 0. The van der Waals surface area contributed by atoms with E-state index in [4.69, 9.17) is 9.53 Å². The van der Waals surface area contributed by atoms with Gasteiger partial charge in [-0.05, 0) is 33.1 Å². The molecule has 0 saturated heterocycles. The van der Waals surface area contributed by atoms with Crippen LogP contribution < -0.4 is 15.7 Å². The van der Waals surface area contributed by atoms with Crippen molar-refractivity contribution in [2.24, 2.45) is 0 Å². The zero-order chi connectivity index (χ0) is 20.9. The monoisotopic (exact) mass is 405 g/mol. The second-order valence-electron chi connectivity index (χ2n) is 8.08. The first-order valence-corrected chi connectivity index (χ1v) is 11.6. The van der Waals surface area contributed by atoms with Gasteiger partial charge in [0.1, 0.15) is 0 Å². The van der Waals surface area contributed by atoms with Gasteiger partial charge < -0.3 is 9.53 Å². The second-order valence-corrected chi connectivity index (χ2v) is 12.4. The Morgan fingerprint density at radius 3 is 1.93 bits per heavy atom. The molecule has 3 aromatic carbocycles. The van der Waals surface area contributed by atoms with Crippen LogP contribution in [0.4, 0.5) is 10.5 Å². The van der Waals surface area contributed by atoms with Gasteiger partial charge in [-0.3, -0.25) is 5.32 Å². The van der Waals surface area contributed by atoms with E-state index in [2.05, 4.69) is 74.6 Å². The maximum absolute atomic E-state index is 11.0. The standard InChI is InChI=1S/C24H27NO3Si/c1-24(2,3)29(21-13-6-4-7-14-21,22-15-8-5-9-16-22)28-18-19-11-10-12-20(17-19)25-23(26)27/h4-17,25H,18H2,1-3H3,(H,26,27). The number of nitrogens with one attached hydrogen (secondary N) is 1. The number of carboxylic acid groups (broad SMARTS) is 1. The summed E-state index contributed by atoms with van der Waals surface area (Å²) in [4.78, 5) is 11.0. The van der Waals surface area contributed by atoms with Crippen molar-refractivity contribution in [2.45, 2.75) is 32.4 Å². The summed E-state index contributed by atoms with van der Waals surface area (Å²) in [6.45, 7) is 7.12. The SMILES string of the molecule is CC(C)(C)[Si](OCc1cccc(NC(=O)O)c1)(c1ccccc1)c1ccccc1. The van der Waals surface area contributed by atoms with E-state index in [9.17, 15) is 4.79 Å². The smallest absolute Gasteiger partial charge is 0.409 e. The topological polar surface area (TPSA) is 58.6 Å².